The second kappa shape index (κ2) is 35.5. The largest absolute Gasteiger partial charge is 0.481 e. The van der Waals surface area contributed by atoms with E-state index in [0.717, 1.165) is 26.5 Å². The van der Waals surface area contributed by atoms with Gasteiger partial charge in [-0.1, -0.05) is 21.6 Å². The minimum atomic E-state index is -1.81. The van der Waals surface area contributed by atoms with E-state index in [2.05, 4.69) is 65.5 Å². The predicted octanol–water partition coefficient (Wildman–Crippen LogP) is -6.80. The van der Waals surface area contributed by atoms with Crippen molar-refractivity contribution in [2.45, 2.75) is 120 Å². The Morgan fingerprint density at radius 3 is 1.76 bits per heavy atom. The molecule has 1 rings (SSSR count). The van der Waals surface area contributed by atoms with Crippen LogP contribution in [0.2, 0.25) is 0 Å². The van der Waals surface area contributed by atoms with Gasteiger partial charge in [0, 0.05) is 43.8 Å². The number of rotatable bonds is 37. The van der Waals surface area contributed by atoms with E-state index < -0.39 is 139 Å². The minimum Gasteiger partial charge on any atom is -0.481 e. The molecular weight excluding hydrogens is 1040 g/mol. The number of likely N-dealkylation sites (tertiary alicyclic amines) is 1. The van der Waals surface area contributed by atoms with Gasteiger partial charge in [0.2, 0.25) is 65.5 Å². The number of carboxylic acid groups (broad SMARTS) is 2. The maximum atomic E-state index is 13.7. The van der Waals surface area contributed by atoms with Crippen LogP contribution in [0.1, 0.15) is 71.6 Å². The van der Waals surface area contributed by atoms with Crippen molar-refractivity contribution in [1.82, 2.24) is 52.8 Å². The van der Waals surface area contributed by atoms with Crippen LogP contribution in [0.15, 0.2) is 4.99 Å². The summed E-state index contributed by atoms with van der Waals surface area (Å²) in [6, 6.07) is -11.0. The zero-order valence-electron chi connectivity index (χ0n) is 40.9. The molecule has 1 fully saturated rings. The number of primary amides is 1. The Hall–Kier alpha value is -6.61. The van der Waals surface area contributed by atoms with Crippen LogP contribution in [0.5, 0.6) is 0 Å². The SMILES string of the molecule is CCNC(=O)C(CCCN=C(N)N)NC(=O)C(CSSCC(NC(=O)C(CC(=O)O)NC(=O)C1CCCN1C(=O)CNC(=O)C(CCCCN)NC(=O)C(CC(=O)O)NC=O)C(N)=O)NC(=O)C(CS)NC(C)=O. The third kappa shape index (κ3) is 25.4. The van der Waals surface area contributed by atoms with E-state index in [-0.39, 0.29) is 87.9 Å². The molecule has 74 heavy (non-hydrogen) atoms. The van der Waals surface area contributed by atoms with Gasteiger partial charge in [-0.3, -0.25) is 67.3 Å². The van der Waals surface area contributed by atoms with Gasteiger partial charge in [-0.25, -0.2) is 0 Å². The summed E-state index contributed by atoms with van der Waals surface area (Å²) in [5.74, 6) is -12.3. The molecule has 0 aromatic heterocycles. The average molecular weight is 1110 g/mol. The standard InChI is InChI=1S/C41H69N15O15S3/c1-3-46-34(65)23(9-6-12-47-41(44)45)52-39(70)28(55-38(69)26(17-72)50-21(2)58)19-74-73-18-27(33(43)64)54-37(68)25(15-32(62)63)53-40(71)29-10-7-13-56(29)30(59)16-48-35(66)22(8-4-5-11-42)51-36(67)24(49-20-57)14-31(60)61/h20,22-29,72H,3-19,42H2,1-2H3,(H2,43,64)(H,46,65)(H,48,66)(H,49,57)(H,50,58)(H,51,67)(H,52,70)(H,53,71)(H,54,68)(H,55,69)(H,60,61)(H,62,63)(H4,44,45,47). The van der Waals surface area contributed by atoms with Crippen molar-refractivity contribution in [3.8, 4) is 0 Å². The quantitative estimate of drug-likeness (QED) is 0.00687. The first-order valence-corrected chi connectivity index (χ1v) is 26.3. The second-order valence-electron chi connectivity index (χ2n) is 16.3. The van der Waals surface area contributed by atoms with E-state index in [1.54, 1.807) is 6.92 Å². The van der Waals surface area contributed by atoms with Gasteiger partial charge in [-0.15, -0.1) is 0 Å². The molecule has 0 spiro atoms. The summed E-state index contributed by atoms with van der Waals surface area (Å²) >= 11 is 4.10. The van der Waals surface area contributed by atoms with Crippen molar-refractivity contribution >= 4 is 118 Å². The van der Waals surface area contributed by atoms with Gasteiger partial charge in [-0.05, 0) is 58.4 Å². The monoisotopic (exact) mass is 1110 g/mol. The van der Waals surface area contributed by atoms with Crippen LogP contribution < -0.4 is 70.8 Å². The Balaban J connectivity index is 3.15. The second-order valence-corrected chi connectivity index (χ2v) is 19.3. The van der Waals surface area contributed by atoms with E-state index in [0.29, 0.717) is 12.8 Å². The number of likely N-dealkylation sites (N-methyl/N-ethyl adjacent to an activating group) is 1. The summed E-state index contributed by atoms with van der Waals surface area (Å²) in [4.78, 5) is 170. The molecule has 0 aromatic carbocycles. The fraction of sp³-hybridized carbons (Fsp3) is 0.659. The Labute approximate surface area is 439 Å². The lowest BCUT2D eigenvalue weighted by molar-refractivity contribution is -0.143. The van der Waals surface area contributed by atoms with E-state index in [9.17, 15) is 67.4 Å². The Bertz CT molecular complexity index is 2020. The van der Waals surface area contributed by atoms with Crippen LogP contribution in [0.25, 0.3) is 0 Å². The number of nitrogens with two attached hydrogens (primary N) is 4. The molecule has 0 saturated carbocycles. The van der Waals surface area contributed by atoms with Gasteiger partial charge in [0.25, 0.3) is 0 Å². The van der Waals surface area contributed by atoms with E-state index >= 15 is 0 Å². The van der Waals surface area contributed by atoms with Gasteiger partial charge in [0.15, 0.2) is 5.96 Å². The highest BCUT2D eigenvalue weighted by molar-refractivity contribution is 8.76. The number of nitrogens with one attached hydrogen (secondary N) is 9. The smallest absolute Gasteiger partial charge is 0.305 e. The molecule has 0 bridgehead atoms. The lowest BCUT2D eigenvalue weighted by Gasteiger charge is -2.27. The molecule has 1 saturated heterocycles. The molecule has 8 atom stereocenters. The number of hydrogen-bond donors (Lipinski definition) is 16. The lowest BCUT2D eigenvalue weighted by Crippen LogP contribution is -2.58. The van der Waals surface area contributed by atoms with Gasteiger partial charge in [0.05, 0.1) is 19.4 Å². The number of carbonyl (C=O) groups excluding carboxylic acids is 11. The Morgan fingerprint density at radius 2 is 1.22 bits per heavy atom. The van der Waals surface area contributed by atoms with Gasteiger partial charge in [-0.2, -0.15) is 12.6 Å². The average Bonchev–Trinajstić information content (AvgIpc) is 3.83. The van der Waals surface area contributed by atoms with Crippen molar-refractivity contribution in [2.24, 2.45) is 27.9 Å². The van der Waals surface area contributed by atoms with Crippen molar-refractivity contribution in [3.05, 3.63) is 0 Å². The molecule has 1 aliphatic heterocycles. The molecule has 0 aliphatic carbocycles. The Kier molecular flexibility index (Phi) is 31.4. The predicted molar refractivity (Wildman–Crippen MR) is 272 cm³/mol. The number of nitrogens with zero attached hydrogens (tertiary/aromatic N) is 2. The number of amides is 11. The molecule has 1 aliphatic rings. The summed E-state index contributed by atoms with van der Waals surface area (Å²) in [7, 11) is 1.81. The first-order chi connectivity index (χ1) is 35.0. The highest BCUT2D eigenvalue weighted by atomic mass is 33.1. The summed E-state index contributed by atoms with van der Waals surface area (Å²) in [6.45, 7) is 2.78. The van der Waals surface area contributed by atoms with Crippen LogP contribution in [0.3, 0.4) is 0 Å². The van der Waals surface area contributed by atoms with Crippen LogP contribution in [-0.4, -0.2) is 197 Å². The molecule has 19 N–H and O–H groups in total. The summed E-state index contributed by atoms with van der Waals surface area (Å²) in [6.07, 6.45) is -0.144. The molecule has 416 valence electrons. The van der Waals surface area contributed by atoms with Crippen molar-refractivity contribution in [3.63, 3.8) is 0 Å². The number of unbranched alkanes of at least 4 members (excludes halogenated alkanes) is 1. The molecule has 1 heterocycles. The molecule has 11 amide bonds. The molecule has 8 unspecified atom stereocenters. The highest BCUT2D eigenvalue weighted by Crippen LogP contribution is 2.24. The number of thiol groups is 1. The highest BCUT2D eigenvalue weighted by Gasteiger charge is 2.38. The topological polar surface area (TPSA) is 490 Å². The van der Waals surface area contributed by atoms with Crippen LogP contribution >= 0.6 is 34.2 Å². The molecule has 30 nitrogen and oxygen atoms in total. The van der Waals surface area contributed by atoms with Crippen molar-refractivity contribution < 1.29 is 72.5 Å². The fourth-order valence-corrected chi connectivity index (χ4v) is 9.43. The summed E-state index contributed by atoms with van der Waals surface area (Å²) in [5, 5.41) is 40.4. The maximum absolute atomic E-state index is 13.7. The van der Waals surface area contributed by atoms with E-state index in [4.69, 9.17) is 28.0 Å². The van der Waals surface area contributed by atoms with Crippen molar-refractivity contribution in [2.75, 3.05) is 50.0 Å². The van der Waals surface area contributed by atoms with Crippen LogP contribution in [-0.2, 0) is 62.3 Å². The van der Waals surface area contributed by atoms with Gasteiger partial charge in [0.1, 0.15) is 48.3 Å². The number of hydrogen-bond acceptors (Lipinski definition) is 18. The molecular formula is C41H69N15O15S3. The summed E-state index contributed by atoms with van der Waals surface area (Å²) < 4.78 is 0. The van der Waals surface area contributed by atoms with E-state index in [1.807, 2.05) is 0 Å². The first-order valence-electron chi connectivity index (χ1n) is 23.2. The van der Waals surface area contributed by atoms with Crippen molar-refractivity contribution in [1.29, 1.82) is 0 Å². The normalized spacial score (nSPS) is 15.6. The third-order valence-electron chi connectivity index (χ3n) is 10.5. The minimum absolute atomic E-state index is 0.0128. The number of guanidine groups is 1. The third-order valence-corrected chi connectivity index (χ3v) is 13.3. The van der Waals surface area contributed by atoms with Gasteiger partial charge < -0.3 is 85.9 Å². The number of carboxylic acids is 2. The lowest BCUT2D eigenvalue weighted by atomic mass is 10.1. The zero-order valence-corrected chi connectivity index (χ0v) is 43.4. The number of aliphatic carboxylic acids is 2. The van der Waals surface area contributed by atoms with Gasteiger partial charge >= 0.3 is 11.9 Å². The van der Waals surface area contributed by atoms with Crippen LogP contribution in [0.4, 0.5) is 0 Å². The van der Waals surface area contributed by atoms with E-state index in [1.165, 1.54) is 6.92 Å². The molecule has 33 heteroatoms. The number of aliphatic imine (C=N–C) groups is 1. The zero-order chi connectivity index (χ0) is 55.9. The maximum Gasteiger partial charge on any atom is 0.305 e. The fourth-order valence-electron chi connectivity index (χ4n) is 6.83. The molecule has 0 aromatic rings. The summed E-state index contributed by atoms with van der Waals surface area (Å²) in [5.41, 5.74) is 21.9. The number of carbonyl (C=O) groups is 13. The first kappa shape index (κ1) is 65.4. The molecule has 0 radical (unpaired) electrons. The Morgan fingerprint density at radius 1 is 0.689 bits per heavy atom. The van der Waals surface area contributed by atoms with Crippen LogP contribution in [0, 0.1) is 0 Å².